The summed E-state index contributed by atoms with van der Waals surface area (Å²) in [5.74, 6) is -1.96. The van der Waals surface area contributed by atoms with E-state index in [0.717, 1.165) is 5.56 Å². The third kappa shape index (κ3) is 5.37. The number of aromatic nitrogens is 5. The van der Waals surface area contributed by atoms with Gasteiger partial charge in [-0.1, -0.05) is 41.9 Å². The molecule has 0 bridgehead atoms. The number of aromatic amines is 1. The Bertz CT molecular complexity index is 1820. The first kappa shape index (κ1) is 26.9. The molecule has 2 amide bonds. The molecule has 3 heterocycles. The van der Waals surface area contributed by atoms with E-state index >= 15 is 0 Å². The number of aromatic carboxylic acids is 1. The number of hydrogen-bond donors (Lipinski definition) is 3. The van der Waals surface area contributed by atoms with Gasteiger partial charge in [-0.15, -0.1) is 5.10 Å². The van der Waals surface area contributed by atoms with E-state index in [0.29, 0.717) is 45.8 Å². The molecule has 3 N–H and O–H groups in total. The lowest BCUT2D eigenvalue weighted by Crippen LogP contribution is -2.44. The molecule has 2 atom stereocenters. The predicted molar refractivity (Wildman–Crippen MR) is 156 cm³/mol. The number of nitrogens with one attached hydrogen (secondary N) is 2. The minimum Gasteiger partial charge on any atom is -0.477 e. The number of hydrogen-bond acceptors (Lipinski definition) is 6. The lowest BCUT2D eigenvalue weighted by atomic mass is 9.91. The zero-order chi connectivity index (χ0) is 29.2. The molecular formula is C30H24ClN7O4. The molecule has 0 radical (unpaired) electrons. The van der Waals surface area contributed by atoms with Crippen LogP contribution in [-0.2, 0) is 9.59 Å². The first-order valence-corrected chi connectivity index (χ1v) is 13.5. The summed E-state index contributed by atoms with van der Waals surface area (Å²) in [5.41, 5.74) is 3.41. The number of halogens is 1. The zero-order valence-electron chi connectivity index (χ0n) is 22.0. The quantitative estimate of drug-likeness (QED) is 0.239. The number of amides is 2. The highest BCUT2D eigenvalue weighted by atomic mass is 35.5. The van der Waals surface area contributed by atoms with Crippen LogP contribution in [-0.4, -0.2) is 65.6 Å². The van der Waals surface area contributed by atoms with Crippen molar-refractivity contribution in [3.63, 3.8) is 0 Å². The summed E-state index contributed by atoms with van der Waals surface area (Å²) >= 11 is 6.23. The number of anilines is 1. The Morgan fingerprint density at radius 2 is 1.88 bits per heavy atom. The number of carboxylic acids is 1. The zero-order valence-corrected chi connectivity index (χ0v) is 22.8. The van der Waals surface area contributed by atoms with Gasteiger partial charge in [-0.25, -0.2) is 4.79 Å². The van der Waals surface area contributed by atoms with Crippen molar-refractivity contribution in [1.29, 1.82) is 0 Å². The molecule has 1 aliphatic heterocycles. The summed E-state index contributed by atoms with van der Waals surface area (Å²) in [6.07, 6.45) is 5.11. The Balaban J connectivity index is 1.29. The Kier molecular flexibility index (Phi) is 7.24. The van der Waals surface area contributed by atoms with Crippen molar-refractivity contribution in [2.45, 2.75) is 18.4 Å². The number of likely N-dealkylation sites (tertiary alicyclic amines) is 1. The fraction of sp³-hybridized carbons (Fsp3) is 0.133. The molecule has 0 saturated carbocycles. The van der Waals surface area contributed by atoms with Gasteiger partial charge in [-0.2, -0.15) is 4.68 Å². The second-order valence-electron chi connectivity index (χ2n) is 9.85. The van der Waals surface area contributed by atoms with Crippen molar-refractivity contribution in [1.82, 2.24) is 30.1 Å². The van der Waals surface area contributed by atoms with E-state index in [-0.39, 0.29) is 23.4 Å². The van der Waals surface area contributed by atoms with E-state index < -0.39 is 12.0 Å². The average Bonchev–Trinajstić information content (AvgIpc) is 3.76. The number of fused-ring (bicyclic) bond motifs is 1. The first-order chi connectivity index (χ1) is 20.4. The van der Waals surface area contributed by atoms with Crippen molar-refractivity contribution in [2.24, 2.45) is 0 Å². The number of rotatable bonds is 7. The molecule has 0 aliphatic carbocycles. The third-order valence-electron chi connectivity index (χ3n) is 7.29. The summed E-state index contributed by atoms with van der Waals surface area (Å²) in [7, 11) is 0. The van der Waals surface area contributed by atoms with Crippen LogP contribution in [0.4, 0.5) is 5.69 Å². The predicted octanol–water partition coefficient (Wildman–Crippen LogP) is 4.53. The standard InChI is InChI=1S/C30H24ClN7O4/c31-21-7-10-26(38-17-32-35-36-38)19(14-21)6-11-27(39)37-13-12-23(18-4-2-1-3-5-18)28(37)29(40)33-22-8-9-24-20(15-22)16-25(34-24)30(41)42/h1-11,14-17,23,28,34H,12-13H2,(H,33,40)(H,41,42)/b11-6+/t23?,28-/m0/s1. The summed E-state index contributed by atoms with van der Waals surface area (Å²) < 4.78 is 1.47. The molecule has 1 unspecified atom stereocenters. The van der Waals surface area contributed by atoms with E-state index in [1.165, 1.54) is 23.2 Å². The van der Waals surface area contributed by atoms with Gasteiger partial charge in [-0.3, -0.25) is 9.59 Å². The first-order valence-electron chi connectivity index (χ1n) is 13.1. The van der Waals surface area contributed by atoms with Gasteiger partial charge in [0.2, 0.25) is 11.8 Å². The third-order valence-corrected chi connectivity index (χ3v) is 7.52. The molecule has 3 aromatic carbocycles. The Labute approximate surface area is 244 Å². The van der Waals surface area contributed by atoms with Crippen molar-refractivity contribution in [2.75, 3.05) is 11.9 Å². The van der Waals surface area contributed by atoms with Gasteiger partial charge in [0.15, 0.2) is 0 Å². The fourth-order valence-corrected chi connectivity index (χ4v) is 5.53. The van der Waals surface area contributed by atoms with Crippen molar-refractivity contribution >= 4 is 52.1 Å². The second kappa shape index (κ2) is 11.3. The highest BCUT2D eigenvalue weighted by Gasteiger charge is 2.42. The summed E-state index contributed by atoms with van der Waals surface area (Å²) in [5, 5.41) is 24.6. The van der Waals surface area contributed by atoms with Gasteiger partial charge >= 0.3 is 5.97 Å². The second-order valence-corrected chi connectivity index (χ2v) is 10.3. The Hall–Kier alpha value is -5.29. The Morgan fingerprint density at radius 1 is 1.05 bits per heavy atom. The monoisotopic (exact) mass is 581 g/mol. The van der Waals surface area contributed by atoms with Gasteiger partial charge < -0.3 is 20.3 Å². The highest BCUT2D eigenvalue weighted by molar-refractivity contribution is 6.30. The van der Waals surface area contributed by atoms with Crippen molar-refractivity contribution in [3.05, 3.63) is 107 Å². The molecule has 210 valence electrons. The number of H-pyrrole nitrogens is 1. The minimum absolute atomic E-state index is 0.0555. The molecule has 1 fully saturated rings. The van der Waals surface area contributed by atoms with Gasteiger partial charge in [-0.05, 0) is 71.0 Å². The van der Waals surface area contributed by atoms with Crippen LogP contribution in [0.1, 0.15) is 34.0 Å². The maximum Gasteiger partial charge on any atom is 0.352 e. The van der Waals surface area contributed by atoms with Crippen LogP contribution >= 0.6 is 11.6 Å². The van der Waals surface area contributed by atoms with Gasteiger partial charge in [0.1, 0.15) is 18.1 Å². The number of carboxylic acid groups (broad SMARTS) is 1. The van der Waals surface area contributed by atoms with Crippen LogP contribution in [0.25, 0.3) is 22.7 Å². The molecule has 0 spiro atoms. The van der Waals surface area contributed by atoms with Gasteiger partial charge in [0.25, 0.3) is 0 Å². The molecule has 1 aliphatic rings. The number of benzene rings is 3. The fourth-order valence-electron chi connectivity index (χ4n) is 5.35. The normalized spacial score (nSPS) is 16.7. The van der Waals surface area contributed by atoms with Crippen LogP contribution < -0.4 is 5.32 Å². The number of carbonyl (C=O) groups is 3. The number of tetrazole rings is 1. The largest absolute Gasteiger partial charge is 0.477 e. The lowest BCUT2D eigenvalue weighted by molar-refractivity contribution is -0.133. The van der Waals surface area contributed by atoms with E-state index in [1.54, 1.807) is 47.4 Å². The summed E-state index contributed by atoms with van der Waals surface area (Å²) in [6, 6.07) is 20.6. The number of nitrogens with zero attached hydrogens (tertiary/aromatic N) is 5. The Morgan fingerprint density at radius 3 is 2.64 bits per heavy atom. The summed E-state index contributed by atoms with van der Waals surface area (Å²) in [6.45, 7) is 0.384. The van der Waals surface area contributed by atoms with E-state index in [2.05, 4.69) is 25.8 Å². The van der Waals surface area contributed by atoms with Crippen LogP contribution in [0.2, 0.25) is 5.02 Å². The molecular weight excluding hydrogens is 558 g/mol. The van der Waals surface area contributed by atoms with E-state index in [9.17, 15) is 19.5 Å². The molecule has 42 heavy (non-hydrogen) atoms. The molecule has 2 aromatic heterocycles. The lowest BCUT2D eigenvalue weighted by Gasteiger charge is -2.27. The SMILES string of the molecule is O=C(O)c1cc2cc(NC(=O)[C@@H]3C(c4ccccc4)CCN3C(=O)/C=C/c3cc(Cl)ccc3-n3cnnn3)ccc2[nH]1. The molecule has 5 aromatic rings. The molecule has 12 heteroatoms. The molecule has 11 nitrogen and oxygen atoms in total. The van der Waals surface area contributed by atoms with Crippen LogP contribution in [0.5, 0.6) is 0 Å². The topological polar surface area (TPSA) is 146 Å². The van der Waals surface area contributed by atoms with E-state index in [4.69, 9.17) is 11.6 Å². The maximum atomic E-state index is 13.8. The average molecular weight is 582 g/mol. The maximum absolute atomic E-state index is 13.8. The van der Waals surface area contributed by atoms with Gasteiger partial charge in [0, 0.05) is 45.7 Å². The minimum atomic E-state index is -1.07. The number of carbonyl (C=O) groups excluding carboxylic acids is 2. The van der Waals surface area contributed by atoms with Crippen LogP contribution in [0.15, 0.2) is 85.2 Å². The van der Waals surface area contributed by atoms with Crippen molar-refractivity contribution < 1.29 is 19.5 Å². The molecule has 6 rings (SSSR count). The van der Waals surface area contributed by atoms with Gasteiger partial charge in [0.05, 0.1) is 5.69 Å². The van der Waals surface area contributed by atoms with Crippen molar-refractivity contribution in [3.8, 4) is 5.69 Å². The van der Waals surface area contributed by atoms with E-state index in [1.807, 2.05) is 30.3 Å². The smallest absolute Gasteiger partial charge is 0.352 e. The van der Waals surface area contributed by atoms with Crippen LogP contribution in [0.3, 0.4) is 0 Å². The highest BCUT2D eigenvalue weighted by Crippen LogP contribution is 2.35. The summed E-state index contributed by atoms with van der Waals surface area (Å²) in [4.78, 5) is 43.2. The van der Waals surface area contributed by atoms with Crippen LogP contribution in [0, 0.1) is 0 Å². The molecule has 1 saturated heterocycles.